The number of carbonyl (C=O) groups excluding carboxylic acids is 1. The van der Waals surface area contributed by atoms with Gasteiger partial charge in [0.05, 0.1) is 7.11 Å². The summed E-state index contributed by atoms with van der Waals surface area (Å²) in [5, 5.41) is 0. The molecule has 4 heteroatoms. The molecule has 0 aromatic carbocycles. The van der Waals surface area contributed by atoms with Crippen molar-refractivity contribution in [2.24, 2.45) is 0 Å². The number of carbonyl (C=O) groups is 1. The number of hydrogen-bond acceptors (Lipinski definition) is 3. The average molecular weight is 359 g/mol. The van der Waals surface area contributed by atoms with E-state index in [-0.39, 0.29) is 12.1 Å². The van der Waals surface area contributed by atoms with Gasteiger partial charge < -0.3 is 9.16 Å². The number of methoxy groups -OCH3 is 1. The fourth-order valence-corrected chi connectivity index (χ4v) is 4.02. The van der Waals surface area contributed by atoms with Crippen LogP contribution in [0.25, 0.3) is 0 Å². The number of hydrogen-bond donors (Lipinski definition) is 0. The number of unbranched alkanes of at least 4 members (excludes halogenated alkanes) is 11. The minimum atomic E-state index is -1.70. The summed E-state index contributed by atoms with van der Waals surface area (Å²) >= 11 is 0. The molecule has 0 heterocycles. The van der Waals surface area contributed by atoms with Crippen molar-refractivity contribution in [1.29, 1.82) is 0 Å². The van der Waals surface area contributed by atoms with Crippen molar-refractivity contribution >= 4 is 14.3 Å². The Morgan fingerprint density at radius 2 is 1.21 bits per heavy atom. The first kappa shape index (κ1) is 23.6. The maximum absolute atomic E-state index is 11.8. The lowest BCUT2D eigenvalue weighted by atomic mass is 10.0. The molecule has 0 spiro atoms. The van der Waals surface area contributed by atoms with Crippen LogP contribution in [0.1, 0.15) is 90.4 Å². The van der Waals surface area contributed by atoms with Crippen LogP contribution in [0.3, 0.4) is 0 Å². The van der Waals surface area contributed by atoms with Gasteiger partial charge in [0.2, 0.25) is 0 Å². The maximum Gasteiger partial charge on any atom is 0.333 e. The molecule has 0 amide bonds. The fourth-order valence-electron chi connectivity index (χ4n) is 2.95. The smallest absolute Gasteiger partial charge is 0.333 e. The Morgan fingerprint density at radius 1 is 0.792 bits per heavy atom. The highest BCUT2D eigenvalue weighted by Gasteiger charge is 2.26. The highest BCUT2D eigenvalue weighted by Crippen LogP contribution is 2.16. The van der Waals surface area contributed by atoms with Gasteiger partial charge in [0.1, 0.15) is 6.10 Å². The molecule has 0 aliphatic carbocycles. The van der Waals surface area contributed by atoms with E-state index in [4.69, 9.17) is 9.16 Å². The third-order valence-corrected chi connectivity index (χ3v) is 5.27. The summed E-state index contributed by atoms with van der Waals surface area (Å²) in [5.41, 5.74) is 0. The molecule has 0 N–H and O–H groups in total. The van der Waals surface area contributed by atoms with Gasteiger partial charge in [-0.25, -0.2) is 4.79 Å². The zero-order valence-electron chi connectivity index (χ0n) is 17.0. The molecule has 0 unspecified atom stereocenters. The molecule has 0 fully saturated rings. The lowest BCUT2D eigenvalue weighted by Crippen LogP contribution is -2.37. The molecule has 0 aromatic rings. The Bertz CT molecular complexity index is 300. The van der Waals surface area contributed by atoms with Crippen LogP contribution in [0.5, 0.6) is 0 Å². The summed E-state index contributed by atoms with van der Waals surface area (Å²) in [6.45, 7) is 8.62. The van der Waals surface area contributed by atoms with E-state index in [1.807, 2.05) is 0 Å². The molecular weight excluding hydrogens is 316 g/mol. The van der Waals surface area contributed by atoms with Gasteiger partial charge in [-0.1, -0.05) is 84.0 Å². The Balaban J connectivity index is 3.57. The van der Waals surface area contributed by atoms with Crippen molar-refractivity contribution in [2.75, 3.05) is 7.11 Å². The Hall–Kier alpha value is -0.353. The third kappa shape index (κ3) is 15.2. The van der Waals surface area contributed by atoms with Crippen LogP contribution in [-0.2, 0) is 14.0 Å². The molecule has 0 bridgehead atoms. The predicted molar refractivity (Wildman–Crippen MR) is 106 cm³/mol. The first-order valence-corrected chi connectivity index (χ1v) is 13.6. The second-order valence-corrected chi connectivity index (χ2v) is 12.4. The zero-order valence-corrected chi connectivity index (χ0v) is 18.0. The van der Waals surface area contributed by atoms with E-state index in [2.05, 4.69) is 26.6 Å². The highest BCUT2D eigenvalue weighted by atomic mass is 28.4. The molecule has 0 saturated heterocycles. The maximum atomic E-state index is 11.8. The average Bonchev–Trinajstić information content (AvgIpc) is 2.52. The van der Waals surface area contributed by atoms with Crippen LogP contribution in [0.2, 0.25) is 19.6 Å². The molecular formula is C20H42O3Si. The highest BCUT2D eigenvalue weighted by molar-refractivity contribution is 6.69. The van der Waals surface area contributed by atoms with E-state index in [0.717, 1.165) is 12.8 Å². The first-order chi connectivity index (χ1) is 11.4. The summed E-state index contributed by atoms with van der Waals surface area (Å²) in [6.07, 6.45) is 16.4. The van der Waals surface area contributed by atoms with Crippen LogP contribution in [0.15, 0.2) is 0 Å². The van der Waals surface area contributed by atoms with Crippen LogP contribution >= 0.6 is 0 Å². The van der Waals surface area contributed by atoms with Crippen molar-refractivity contribution in [2.45, 2.75) is 116 Å². The number of ether oxygens (including phenoxy) is 1. The third-order valence-electron chi connectivity index (χ3n) is 4.28. The summed E-state index contributed by atoms with van der Waals surface area (Å²) in [5.74, 6) is -0.208. The monoisotopic (exact) mass is 358 g/mol. The van der Waals surface area contributed by atoms with Crippen molar-refractivity contribution in [1.82, 2.24) is 0 Å². The van der Waals surface area contributed by atoms with Crippen molar-refractivity contribution < 1.29 is 14.0 Å². The van der Waals surface area contributed by atoms with Gasteiger partial charge >= 0.3 is 5.97 Å². The molecule has 0 saturated carbocycles. The SMILES string of the molecule is CCCCCCCCCCCCCC[C@@H](O[Si](C)(C)C)C(=O)OC. The number of esters is 1. The molecule has 144 valence electrons. The molecule has 0 aliphatic heterocycles. The fraction of sp³-hybridized carbons (Fsp3) is 0.950. The summed E-state index contributed by atoms with van der Waals surface area (Å²) < 4.78 is 10.8. The number of rotatable bonds is 16. The van der Waals surface area contributed by atoms with Crippen LogP contribution in [0.4, 0.5) is 0 Å². The zero-order chi connectivity index (χ0) is 18.3. The molecule has 0 rings (SSSR count). The van der Waals surface area contributed by atoms with Gasteiger partial charge in [-0.2, -0.15) is 0 Å². The topological polar surface area (TPSA) is 35.5 Å². The van der Waals surface area contributed by atoms with E-state index >= 15 is 0 Å². The minimum absolute atomic E-state index is 0.208. The molecule has 0 aliphatic rings. The van der Waals surface area contributed by atoms with E-state index < -0.39 is 8.32 Å². The van der Waals surface area contributed by atoms with E-state index in [1.54, 1.807) is 0 Å². The minimum Gasteiger partial charge on any atom is -0.467 e. The Morgan fingerprint density at radius 3 is 1.58 bits per heavy atom. The normalized spacial score (nSPS) is 13.0. The molecule has 0 aromatic heterocycles. The molecule has 3 nitrogen and oxygen atoms in total. The summed E-state index contributed by atoms with van der Waals surface area (Å²) in [7, 11) is -0.253. The van der Waals surface area contributed by atoms with Crippen LogP contribution in [0, 0.1) is 0 Å². The van der Waals surface area contributed by atoms with Crippen LogP contribution < -0.4 is 0 Å². The van der Waals surface area contributed by atoms with E-state index in [9.17, 15) is 4.79 Å². The lowest BCUT2D eigenvalue weighted by molar-refractivity contribution is -0.149. The van der Waals surface area contributed by atoms with Gasteiger partial charge in [-0.05, 0) is 26.1 Å². The quantitative estimate of drug-likeness (QED) is 0.180. The van der Waals surface area contributed by atoms with Crippen LogP contribution in [-0.4, -0.2) is 27.5 Å². The largest absolute Gasteiger partial charge is 0.467 e. The van der Waals surface area contributed by atoms with Gasteiger partial charge in [0, 0.05) is 0 Å². The second-order valence-electron chi connectivity index (χ2n) is 7.92. The van der Waals surface area contributed by atoms with Gasteiger partial charge in [-0.15, -0.1) is 0 Å². The standard InChI is InChI=1S/C20H42O3Si/c1-6-7-8-9-10-11-12-13-14-15-16-17-18-19(20(21)22-2)23-24(3,4)5/h19H,6-18H2,1-5H3/t19-/m1/s1. The van der Waals surface area contributed by atoms with Gasteiger partial charge in [0.25, 0.3) is 0 Å². The second kappa shape index (κ2) is 14.9. The van der Waals surface area contributed by atoms with Gasteiger partial charge in [-0.3, -0.25) is 0 Å². The predicted octanol–water partition coefficient (Wildman–Crippen LogP) is 6.47. The van der Waals surface area contributed by atoms with E-state index in [1.165, 1.54) is 77.7 Å². The first-order valence-electron chi connectivity index (χ1n) is 10.2. The molecule has 0 radical (unpaired) electrons. The van der Waals surface area contributed by atoms with Crippen molar-refractivity contribution in [3.63, 3.8) is 0 Å². The summed E-state index contributed by atoms with van der Waals surface area (Å²) in [6, 6.07) is 0. The summed E-state index contributed by atoms with van der Waals surface area (Å²) in [4.78, 5) is 11.8. The lowest BCUT2D eigenvalue weighted by Gasteiger charge is -2.24. The molecule has 24 heavy (non-hydrogen) atoms. The van der Waals surface area contributed by atoms with Gasteiger partial charge in [0.15, 0.2) is 8.32 Å². The van der Waals surface area contributed by atoms with Crippen molar-refractivity contribution in [3.05, 3.63) is 0 Å². The van der Waals surface area contributed by atoms with Crippen molar-refractivity contribution in [3.8, 4) is 0 Å². The Kier molecular flexibility index (Phi) is 14.7. The molecule has 1 atom stereocenters. The Labute approximate surface area is 152 Å². The van der Waals surface area contributed by atoms with E-state index in [0.29, 0.717) is 0 Å².